The predicted octanol–water partition coefficient (Wildman–Crippen LogP) is 3.35. The summed E-state index contributed by atoms with van der Waals surface area (Å²) in [6.07, 6.45) is 1.93. The van der Waals surface area contributed by atoms with Crippen molar-refractivity contribution in [3.8, 4) is 28.7 Å². The molecular formula is C21H28O6. The van der Waals surface area contributed by atoms with Gasteiger partial charge in [-0.25, -0.2) is 0 Å². The maximum atomic E-state index is 10.0. The molecule has 0 radical (unpaired) electrons. The quantitative estimate of drug-likeness (QED) is 0.662. The van der Waals surface area contributed by atoms with Gasteiger partial charge in [0.2, 0.25) is 5.75 Å². The van der Waals surface area contributed by atoms with Crippen LogP contribution in [-0.4, -0.2) is 44.3 Å². The van der Waals surface area contributed by atoms with E-state index >= 15 is 0 Å². The van der Waals surface area contributed by atoms with Gasteiger partial charge >= 0.3 is 0 Å². The van der Waals surface area contributed by atoms with Gasteiger partial charge in [-0.2, -0.15) is 0 Å². The van der Waals surface area contributed by atoms with Crippen molar-refractivity contribution >= 4 is 0 Å². The average molecular weight is 376 g/mol. The Morgan fingerprint density at radius 2 is 1.44 bits per heavy atom. The second-order valence-electron chi connectivity index (χ2n) is 6.21. The third-order valence-electron chi connectivity index (χ3n) is 4.27. The summed E-state index contributed by atoms with van der Waals surface area (Å²) in [5.74, 6) is 1.78. The Morgan fingerprint density at radius 1 is 0.852 bits per heavy atom. The molecule has 1 atom stereocenters. The molecule has 2 rings (SSSR count). The van der Waals surface area contributed by atoms with Gasteiger partial charge in [0.1, 0.15) is 6.10 Å². The number of rotatable bonds is 10. The second kappa shape index (κ2) is 9.92. The van der Waals surface area contributed by atoms with Gasteiger partial charge in [0, 0.05) is 6.42 Å². The largest absolute Gasteiger partial charge is 0.502 e. The van der Waals surface area contributed by atoms with Gasteiger partial charge in [0.25, 0.3) is 0 Å². The molecule has 0 fully saturated rings. The highest BCUT2D eigenvalue weighted by molar-refractivity contribution is 5.53. The zero-order chi connectivity index (χ0) is 19.8. The number of phenols is 1. The van der Waals surface area contributed by atoms with Gasteiger partial charge in [-0.1, -0.05) is 19.4 Å². The summed E-state index contributed by atoms with van der Waals surface area (Å²) in [4.78, 5) is 0. The molecule has 148 valence electrons. The van der Waals surface area contributed by atoms with E-state index in [1.54, 1.807) is 19.2 Å². The lowest BCUT2D eigenvalue weighted by molar-refractivity contribution is 0.112. The Balaban J connectivity index is 2.21. The minimum atomic E-state index is -0.491. The standard InChI is InChI=1S/C21H28O6/c1-5-6-14-7-8-17(18(10-14)24-2)27-16(13-22)9-15-11-19(25-3)21(23)20(12-15)26-4/h7-8,10-12,16,22-23H,5-6,9,13H2,1-4H3. The van der Waals surface area contributed by atoms with E-state index < -0.39 is 6.10 Å². The van der Waals surface area contributed by atoms with Crippen molar-refractivity contribution in [1.29, 1.82) is 0 Å². The van der Waals surface area contributed by atoms with Crippen LogP contribution >= 0.6 is 0 Å². The first kappa shape index (κ1) is 20.7. The fourth-order valence-corrected chi connectivity index (χ4v) is 2.91. The van der Waals surface area contributed by atoms with Gasteiger partial charge in [0.15, 0.2) is 23.0 Å². The number of ether oxygens (including phenoxy) is 4. The van der Waals surface area contributed by atoms with E-state index in [0.717, 1.165) is 18.4 Å². The molecule has 0 saturated carbocycles. The molecular weight excluding hydrogens is 348 g/mol. The number of benzene rings is 2. The van der Waals surface area contributed by atoms with Crippen LogP contribution in [0.3, 0.4) is 0 Å². The number of phenolic OH excluding ortho intramolecular Hbond substituents is 1. The lowest BCUT2D eigenvalue weighted by Crippen LogP contribution is -2.24. The minimum Gasteiger partial charge on any atom is -0.502 e. The summed E-state index contributed by atoms with van der Waals surface area (Å²) in [7, 11) is 4.55. The normalized spacial score (nSPS) is 11.7. The molecule has 0 amide bonds. The molecule has 0 spiro atoms. The van der Waals surface area contributed by atoms with Crippen molar-refractivity contribution < 1.29 is 29.2 Å². The molecule has 0 saturated heterocycles. The van der Waals surface area contributed by atoms with Crippen LogP contribution in [0.2, 0.25) is 0 Å². The maximum absolute atomic E-state index is 10.0. The van der Waals surface area contributed by atoms with Crippen LogP contribution in [-0.2, 0) is 12.8 Å². The highest BCUT2D eigenvalue weighted by atomic mass is 16.5. The molecule has 0 aliphatic heterocycles. The highest BCUT2D eigenvalue weighted by Gasteiger charge is 2.17. The van der Waals surface area contributed by atoms with Gasteiger partial charge in [0.05, 0.1) is 27.9 Å². The van der Waals surface area contributed by atoms with Crippen LogP contribution < -0.4 is 18.9 Å². The topological polar surface area (TPSA) is 77.4 Å². The van der Waals surface area contributed by atoms with E-state index in [2.05, 4.69) is 6.92 Å². The first-order valence-electron chi connectivity index (χ1n) is 8.94. The Morgan fingerprint density at radius 3 is 1.96 bits per heavy atom. The van der Waals surface area contributed by atoms with Crippen LogP contribution in [0.5, 0.6) is 28.7 Å². The number of hydrogen-bond acceptors (Lipinski definition) is 6. The summed E-state index contributed by atoms with van der Waals surface area (Å²) in [5.41, 5.74) is 1.98. The van der Waals surface area contributed by atoms with Crippen molar-refractivity contribution in [3.63, 3.8) is 0 Å². The smallest absolute Gasteiger partial charge is 0.200 e. The summed E-state index contributed by atoms with van der Waals surface area (Å²) in [6.45, 7) is 1.95. The fraction of sp³-hybridized carbons (Fsp3) is 0.429. The van der Waals surface area contributed by atoms with Crippen molar-refractivity contribution in [2.24, 2.45) is 0 Å². The Hall–Kier alpha value is -2.60. The Labute approximate surface area is 160 Å². The second-order valence-corrected chi connectivity index (χ2v) is 6.21. The number of hydrogen-bond donors (Lipinski definition) is 2. The maximum Gasteiger partial charge on any atom is 0.200 e. The molecule has 6 heteroatoms. The van der Waals surface area contributed by atoms with Crippen LogP contribution in [0.25, 0.3) is 0 Å². The van der Waals surface area contributed by atoms with E-state index in [1.807, 2.05) is 18.2 Å². The van der Waals surface area contributed by atoms with Gasteiger partial charge in [-0.15, -0.1) is 0 Å². The first-order chi connectivity index (χ1) is 13.1. The molecule has 2 aromatic carbocycles. The zero-order valence-electron chi connectivity index (χ0n) is 16.3. The summed E-state index contributed by atoms with van der Waals surface area (Å²) < 4.78 is 21.8. The number of methoxy groups -OCH3 is 3. The molecule has 2 aromatic rings. The third-order valence-corrected chi connectivity index (χ3v) is 4.27. The summed E-state index contributed by atoms with van der Waals surface area (Å²) in [6, 6.07) is 9.23. The molecule has 0 heterocycles. The molecule has 6 nitrogen and oxygen atoms in total. The number of aromatic hydroxyl groups is 1. The molecule has 0 aromatic heterocycles. The average Bonchev–Trinajstić information content (AvgIpc) is 2.69. The molecule has 0 bridgehead atoms. The Kier molecular flexibility index (Phi) is 7.61. The summed E-state index contributed by atoms with van der Waals surface area (Å²) >= 11 is 0. The first-order valence-corrected chi connectivity index (χ1v) is 8.94. The molecule has 0 aliphatic carbocycles. The van der Waals surface area contributed by atoms with E-state index in [9.17, 15) is 10.2 Å². The predicted molar refractivity (Wildman–Crippen MR) is 103 cm³/mol. The van der Waals surface area contributed by atoms with E-state index in [-0.39, 0.29) is 12.4 Å². The van der Waals surface area contributed by atoms with Crippen LogP contribution in [0.1, 0.15) is 24.5 Å². The van der Waals surface area contributed by atoms with E-state index in [4.69, 9.17) is 18.9 Å². The van der Waals surface area contributed by atoms with E-state index in [0.29, 0.717) is 29.4 Å². The van der Waals surface area contributed by atoms with Crippen molar-refractivity contribution in [3.05, 3.63) is 41.5 Å². The molecule has 2 N–H and O–H groups in total. The van der Waals surface area contributed by atoms with Gasteiger partial charge < -0.3 is 29.2 Å². The van der Waals surface area contributed by atoms with Gasteiger partial charge in [-0.3, -0.25) is 0 Å². The van der Waals surface area contributed by atoms with Crippen LogP contribution in [0.15, 0.2) is 30.3 Å². The zero-order valence-corrected chi connectivity index (χ0v) is 16.3. The van der Waals surface area contributed by atoms with Crippen LogP contribution in [0, 0.1) is 0 Å². The van der Waals surface area contributed by atoms with Crippen molar-refractivity contribution in [2.45, 2.75) is 32.3 Å². The molecule has 27 heavy (non-hydrogen) atoms. The number of aliphatic hydroxyl groups is 1. The SMILES string of the molecule is CCCc1ccc(OC(CO)Cc2cc(OC)c(O)c(OC)c2)c(OC)c1. The lowest BCUT2D eigenvalue weighted by atomic mass is 10.1. The molecule has 1 unspecified atom stereocenters. The Bertz CT molecular complexity index is 718. The summed E-state index contributed by atoms with van der Waals surface area (Å²) in [5, 5.41) is 19.8. The van der Waals surface area contributed by atoms with E-state index in [1.165, 1.54) is 19.8 Å². The monoisotopic (exact) mass is 376 g/mol. The molecule has 0 aliphatic rings. The van der Waals surface area contributed by atoms with Crippen LogP contribution in [0.4, 0.5) is 0 Å². The fourth-order valence-electron chi connectivity index (χ4n) is 2.91. The third kappa shape index (κ3) is 5.20. The van der Waals surface area contributed by atoms with Crippen molar-refractivity contribution in [1.82, 2.24) is 0 Å². The minimum absolute atomic E-state index is 0.0570. The lowest BCUT2D eigenvalue weighted by Gasteiger charge is -2.20. The number of aliphatic hydroxyl groups excluding tert-OH is 1. The number of aryl methyl sites for hydroxylation is 1. The highest BCUT2D eigenvalue weighted by Crippen LogP contribution is 2.37. The van der Waals surface area contributed by atoms with Crippen molar-refractivity contribution in [2.75, 3.05) is 27.9 Å². The van der Waals surface area contributed by atoms with Gasteiger partial charge in [-0.05, 0) is 41.8 Å².